The minimum Gasteiger partial charge on any atom is -0.398 e. The average molecular weight is 413 g/mol. The van der Waals surface area contributed by atoms with Gasteiger partial charge in [-0.3, -0.25) is 0 Å². The molecule has 0 unspecified atom stereocenters. The van der Waals surface area contributed by atoms with Crippen LogP contribution in [-0.2, 0) is 0 Å². The normalized spacial score (nSPS) is 11.1. The molecular formula is C25H17ClN2S. The molecule has 1 aromatic heterocycles. The molecule has 29 heavy (non-hydrogen) atoms. The van der Waals surface area contributed by atoms with Crippen molar-refractivity contribution in [1.82, 2.24) is 4.98 Å². The summed E-state index contributed by atoms with van der Waals surface area (Å²) in [6, 6.07) is 31.0. The first kappa shape index (κ1) is 17.9. The van der Waals surface area contributed by atoms with Gasteiger partial charge in [0.1, 0.15) is 5.01 Å². The molecule has 4 aromatic carbocycles. The monoisotopic (exact) mass is 412 g/mol. The SMILES string of the molecule is Nc1ccc(-c2ccc(-c3cccc(-c4nc5ccccc5s4)c3)cc2)cc1Cl. The lowest BCUT2D eigenvalue weighted by molar-refractivity contribution is 1.47. The van der Waals surface area contributed by atoms with Gasteiger partial charge in [0.2, 0.25) is 0 Å². The number of halogens is 1. The van der Waals surface area contributed by atoms with Gasteiger partial charge in [-0.05, 0) is 52.6 Å². The van der Waals surface area contributed by atoms with Crippen molar-refractivity contribution in [2.45, 2.75) is 0 Å². The number of thiazole rings is 1. The van der Waals surface area contributed by atoms with E-state index in [0.29, 0.717) is 10.7 Å². The molecule has 5 aromatic rings. The second kappa shape index (κ2) is 7.36. The Labute approximate surface area is 178 Å². The zero-order valence-electron chi connectivity index (χ0n) is 15.5. The van der Waals surface area contributed by atoms with Gasteiger partial charge >= 0.3 is 0 Å². The van der Waals surface area contributed by atoms with Crippen LogP contribution in [-0.4, -0.2) is 4.98 Å². The fourth-order valence-corrected chi connectivity index (χ4v) is 4.53. The molecule has 5 rings (SSSR count). The quantitative estimate of drug-likeness (QED) is 0.311. The number of aromatic nitrogens is 1. The molecule has 0 atom stereocenters. The van der Waals surface area contributed by atoms with Crippen molar-refractivity contribution in [1.29, 1.82) is 0 Å². The first-order valence-corrected chi connectivity index (χ1v) is 10.5. The van der Waals surface area contributed by atoms with Crippen molar-refractivity contribution in [3.8, 4) is 32.8 Å². The lowest BCUT2D eigenvalue weighted by Gasteiger charge is -2.07. The zero-order chi connectivity index (χ0) is 19.8. The van der Waals surface area contributed by atoms with Gasteiger partial charge in [-0.1, -0.05) is 72.3 Å². The van der Waals surface area contributed by atoms with Crippen LogP contribution < -0.4 is 5.73 Å². The summed E-state index contributed by atoms with van der Waals surface area (Å²) in [6.07, 6.45) is 0. The number of hydrogen-bond acceptors (Lipinski definition) is 3. The van der Waals surface area contributed by atoms with Crippen LogP contribution in [0, 0.1) is 0 Å². The molecule has 0 saturated carbocycles. The Bertz CT molecular complexity index is 1290. The van der Waals surface area contributed by atoms with Crippen LogP contribution in [0.2, 0.25) is 5.02 Å². The summed E-state index contributed by atoms with van der Waals surface area (Å²) in [5.41, 5.74) is 13.1. The fourth-order valence-electron chi connectivity index (χ4n) is 3.39. The number of nitrogen functional groups attached to an aromatic ring is 1. The molecule has 2 N–H and O–H groups in total. The average Bonchev–Trinajstić information content (AvgIpc) is 3.20. The van der Waals surface area contributed by atoms with E-state index in [0.717, 1.165) is 27.2 Å². The van der Waals surface area contributed by atoms with Crippen LogP contribution in [0.3, 0.4) is 0 Å². The van der Waals surface area contributed by atoms with E-state index in [2.05, 4.69) is 66.7 Å². The maximum Gasteiger partial charge on any atom is 0.124 e. The lowest BCUT2D eigenvalue weighted by Crippen LogP contribution is -1.87. The third kappa shape index (κ3) is 3.51. The van der Waals surface area contributed by atoms with Crippen molar-refractivity contribution in [2.24, 2.45) is 0 Å². The highest BCUT2D eigenvalue weighted by molar-refractivity contribution is 7.21. The lowest BCUT2D eigenvalue weighted by atomic mass is 9.99. The highest BCUT2D eigenvalue weighted by Gasteiger charge is 2.08. The molecule has 0 radical (unpaired) electrons. The molecule has 0 saturated heterocycles. The summed E-state index contributed by atoms with van der Waals surface area (Å²) in [5, 5.41) is 1.62. The Kier molecular flexibility index (Phi) is 4.55. The van der Waals surface area contributed by atoms with E-state index in [4.69, 9.17) is 22.3 Å². The van der Waals surface area contributed by atoms with Gasteiger partial charge in [0.15, 0.2) is 0 Å². The summed E-state index contributed by atoms with van der Waals surface area (Å²) in [5.74, 6) is 0. The molecule has 0 aliphatic carbocycles. The maximum absolute atomic E-state index is 6.17. The van der Waals surface area contributed by atoms with E-state index in [1.165, 1.54) is 15.8 Å². The third-order valence-corrected chi connectivity index (χ3v) is 6.37. The van der Waals surface area contributed by atoms with E-state index >= 15 is 0 Å². The standard InChI is InChI=1S/C25H17ClN2S/c26-21-15-19(12-13-22(21)27)17-10-8-16(9-11-17)18-4-3-5-20(14-18)25-28-23-6-1-2-7-24(23)29-25/h1-15H,27H2. The van der Waals surface area contributed by atoms with E-state index in [1.807, 2.05) is 24.3 Å². The molecule has 0 fully saturated rings. The number of nitrogens with zero attached hydrogens (tertiary/aromatic N) is 1. The molecular weight excluding hydrogens is 396 g/mol. The van der Waals surface area contributed by atoms with Gasteiger partial charge in [-0.2, -0.15) is 0 Å². The largest absolute Gasteiger partial charge is 0.398 e. The second-order valence-electron chi connectivity index (χ2n) is 6.88. The third-order valence-electron chi connectivity index (χ3n) is 4.96. The minimum atomic E-state index is 0.579. The summed E-state index contributed by atoms with van der Waals surface area (Å²) in [4.78, 5) is 4.78. The topological polar surface area (TPSA) is 38.9 Å². The Morgan fingerprint density at radius 2 is 1.31 bits per heavy atom. The number of anilines is 1. The molecule has 0 amide bonds. The number of fused-ring (bicyclic) bond motifs is 1. The molecule has 4 heteroatoms. The van der Waals surface area contributed by atoms with Gasteiger partial charge in [-0.15, -0.1) is 11.3 Å². The number of hydrogen-bond donors (Lipinski definition) is 1. The van der Waals surface area contributed by atoms with E-state index < -0.39 is 0 Å². The zero-order valence-corrected chi connectivity index (χ0v) is 17.0. The van der Waals surface area contributed by atoms with Crippen LogP contribution in [0.15, 0.2) is 91.0 Å². The maximum atomic E-state index is 6.17. The van der Waals surface area contributed by atoms with Gasteiger partial charge in [-0.25, -0.2) is 4.98 Å². The smallest absolute Gasteiger partial charge is 0.124 e. The first-order chi connectivity index (χ1) is 14.2. The van der Waals surface area contributed by atoms with Crippen molar-refractivity contribution in [3.05, 3.63) is 96.0 Å². The van der Waals surface area contributed by atoms with Gasteiger partial charge in [0.05, 0.1) is 20.9 Å². The number of rotatable bonds is 3. The Morgan fingerprint density at radius 3 is 2.03 bits per heavy atom. The number of benzene rings is 4. The number of nitrogens with two attached hydrogens (primary N) is 1. The van der Waals surface area contributed by atoms with Crippen LogP contribution in [0.25, 0.3) is 43.0 Å². The van der Waals surface area contributed by atoms with Gasteiger partial charge in [0.25, 0.3) is 0 Å². The summed E-state index contributed by atoms with van der Waals surface area (Å²) in [6.45, 7) is 0. The molecule has 0 bridgehead atoms. The first-order valence-electron chi connectivity index (χ1n) is 9.29. The minimum absolute atomic E-state index is 0.579. The highest BCUT2D eigenvalue weighted by atomic mass is 35.5. The predicted molar refractivity (Wildman–Crippen MR) is 125 cm³/mol. The van der Waals surface area contributed by atoms with Gasteiger partial charge < -0.3 is 5.73 Å². The van der Waals surface area contributed by atoms with Crippen LogP contribution in [0.4, 0.5) is 5.69 Å². The van der Waals surface area contributed by atoms with Crippen molar-refractivity contribution >= 4 is 38.8 Å². The van der Waals surface area contributed by atoms with E-state index in [9.17, 15) is 0 Å². The van der Waals surface area contributed by atoms with Crippen molar-refractivity contribution in [3.63, 3.8) is 0 Å². The Hall–Kier alpha value is -3.14. The molecule has 140 valence electrons. The van der Waals surface area contributed by atoms with E-state index in [-0.39, 0.29) is 0 Å². The molecule has 2 nitrogen and oxygen atoms in total. The molecule has 0 spiro atoms. The van der Waals surface area contributed by atoms with E-state index in [1.54, 1.807) is 11.3 Å². The molecule has 0 aliphatic heterocycles. The Balaban J connectivity index is 1.48. The van der Waals surface area contributed by atoms with Crippen LogP contribution in [0.1, 0.15) is 0 Å². The Morgan fingerprint density at radius 1 is 0.655 bits per heavy atom. The predicted octanol–water partition coefficient (Wildman–Crippen LogP) is 7.53. The summed E-state index contributed by atoms with van der Waals surface area (Å²) < 4.78 is 1.21. The van der Waals surface area contributed by atoms with Crippen molar-refractivity contribution < 1.29 is 0 Å². The second-order valence-corrected chi connectivity index (χ2v) is 8.32. The molecule has 1 heterocycles. The van der Waals surface area contributed by atoms with Gasteiger partial charge in [0, 0.05) is 5.56 Å². The van der Waals surface area contributed by atoms with Crippen LogP contribution in [0.5, 0.6) is 0 Å². The molecule has 0 aliphatic rings. The summed E-state index contributed by atoms with van der Waals surface area (Å²) >= 11 is 7.89. The van der Waals surface area contributed by atoms with Crippen LogP contribution >= 0.6 is 22.9 Å². The van der Waals surface area contributed by atoms with Crippen molar-refractivity contribution in [2.75, 3.05) is 5.73 Å². The fraction of sp³-hybridized carbons (Fsp3) is 0. The summed E-state index contributed by atoms with van der Waals surface area (Å²) in [7, 11) is 0. The highest BCUT2D eigenvalue weighted by Crippen LogP contribution is 2.33. The number of para-hydroxylation sites is 1.